The molecule has 0 unspecified atom stereocenters. The molecule has 2 aliphatic carbocycles. The molecule has 11 heteroatoms. The molecule has 0 spiro atoms. The Morgan fingerprint density at radius 3 is 2.37 bits per heavy atom. The van der Waals surface area contributed by atoms with Gasteiger partial charge < -0.3 is 10.4 Å². The van der Waals surface area contributed by atoms with Crippen molar-refractivity contribution in [2.45, 2.75) is 103 Å². The number of carbonyl (C=O) groups is 2. The van der Waals surface area contributed by atoms with E-state index in [-0.39, 0.29) is 17.0 Å². The van der Waals surface area contributed by atoms with Crippen molar-refractivity contribution < 1.29 is 23.1 Å². The summed E-state index contributed by atoms with van der Waals surface area (Å²) in [6.07, 6.45) is 9.08. The highest BCUT2D eigenvalue weighted by atomic mass is 32.2. The van der Waals surface area contributed by atoms with Crippen molar-refractivity contribution in [3.05, 3.63) is 28.0 Å². The van der Waals surface area contributed by atoms with E-state index < -0.39 is 27.4 Å². The summed E-state index contributed by atoms with van der Waals surface area (Å²) >= 11 is 1.29. The van der Waals surface area contributed by atoms with Gasteiger partial charge in [-0.1, -0.05) is 32.1 Å². The topological polar surface area (TPSA) is 138 Å². The molecule has 2 aliphatic rings. The predicted molar refractivity (Wildman–Crippen MR) is 147 cm³/mol. The van der Waals surface area contributed by atoms with E-state index in [0.717, 1.165) is 41.0 Å². The van der Waals surface area contributed by atoms with E-state index in [2.05, 4.69) is 15.0 Å². The molecule has 0 saturated heterocycles. The van der Waals surface area contributed by atoms with Crippen LogP contribution in [-0.4, -0.2) is 46.9 Å². The molecule has 2 saturated carbocycles. The van der Waals surface area contributed by atoms with Gasteiger partial charge in [0.05, 0.1) is 16.5 Å². The minimum atomic E-state index is -3.81. The van der Waals surface area contributed by atoms with Gasteiger partial charge in [-0.25, -0.2) is 23.1 Å². The summed E-state index contributed by atoms with van der Waals surface area (Å²) < 4.78 is 28.7. The van der Waals surface area contributed by atoms with Crippen LogP contribution in [0.5, 0.6) is 0 Å². The largest absolute Gasteiger partial charge is 0.481 e. The number of thiazole rings is 1. The second kappa shape index (κ2) is 11.0. The van der Waals surface area contributed by atoms with Gasteiger partial charge in [-0.3, -0.25) is 9.59 Å². The van der Waals surface area contributed by atoms with E-state index in [1.807, 2.05) is 6.92 Å². The first-order chi connectivity index (χ1) is 17.7. The lowest BCUT2D eigenvalue weighted by Gasteiger charge is -2.32. The molecule has 1 amide bonds. The molecule has 208 valence electrons. The number of aromatic nitrogens is 2. The van der Waals surface area contributed by atoms with E-state index in [1.165, 1.54) is 30.6 Å². The fourth-order valence-corrected chi connectivity index (χ4v) is 7.99. The van der Waals surface area contributed by atoms with Crippen molar-refractivity contribution in [1.82, 2.24) is 20.0 Å². The molecule has 9 nitrogen and oxygen atoms in total. The standard InChI is InChI=1S/C27H38N4O5S2/c1-15-16(2)25(38(35,36)31-27(3,4)5)28-14-20(15)22-21(11-17-9-7-6-8-10-17)30-24(37-22)23(32)29-19-12-18(13-19)26(33)34/h14,17-19,31H,6-13H2,1-5H3,(H,29,32)(H,33,34)/t18-,19-. The third-order valence-electron chi connectivity index (χ3n) is 7.46. The van der Waals surface area contributed by atoms with Crippen LogP contribution in [0.3, 0.4) is 0 Å². The van der Waals surface area contributed by atoms with Gasteiger partial charge in [-0.05, 0) is 70.9 Å². The molecule has 38 heavy (non-hydrogen) atoms. The number of pyridine rings is 1. The van der Waals surface area contributed by atoms with Crippen LogP contribution in [0.25, 0.3) is 10.4 Å². The Morgan fingerprint density at radius 2 is 1.76 bits per heavy atom. The van der Waals surface area contributed by atoms with Crippen molar-refractivity contribution in [2.24, 2.45) is 11.8 Å². The van der Waals surface area contributed by atoms with E-state index in [9.17, 15) is 18.0 Å². The van der Waals surface area contributed by atoms with Gasteiger partial charge >= 0.3 is 5.97 Å². The third-order valence-corrected chi connectivity index (χ3v) is 10.4. The van der Waals surface area contributed by atoms with Gasteiger partial charge in [0.1, 0.15) is 0 Å². The summed E-state index contributed by atoms with van der Waals surface area (Å²) in [5.41, 5.74) is 2.35. The molecule has 2 aromatic heterocycles. The molecule has 0 bridgehead atoms. The minimum absolute atomic E-state index is 0.00274. The van der Waals surface area contributed by atoms with Gasteiger partial charge in [-0.2, -0.15) is 0 Å². The second-order valence-electron chi connectivity index (χ2n) is 11.8. The number of amides is 1. The maximum absolute atomic E-state index is 13.1. The lowest BCUT2D eigenvalue weighted by atomic mass is 9.80. The minimum Gasteiger partial charge on any atom is -0.481 e. The van der Waals surface area contributed by atoms with Crippen LogP contribution in [0.15, 0.2) is 11.2 Å². The van der Waals surface area contributed by atoms with Gasteiger partial charge in [0.15, 0.2) is 10.0 Å². The number of rotatable bonds is 8. The Morgan fingerprint density at radius 1 is 1.11 bits per heavy atom. The monoisotopic (exact) mass is 562 g/mol. The van der Waals surface area contributed by atoms with Crippen molar-refractivity contribution in [3.8, 4) is 10.4 Å². The molecule has 0 atom stereocenters. The zero-order valence-electron chi connectivity index (χ0n) is 22.8. The van der Waals surface area contributed by atoms with Crippen molar-refractivity contribution in [2.75, 3.05) is 0 Å². The zero-order valence-corrected chi connectivity index (χ0v) is 24.4. The SMILES string of the molecule is Cc1c(-c2sc(C(=O)N[C@H]3C[C@H](C(=O)O)C3)nc2CC2CCCCC2)cnc(S(=O)(=O)NC(C)(C)C)c1C. The van der Waals surface area contributed by atoms with Crippen LogP contribution in [0, 0.1) is 25.7 Å². The highest BCUT2D eigenvalue weighted by Gasteiger charge is 2.36. The molecule has 2 aromatic rings. The molecular formula is C27H38N4O5S2. The number of sulfonamides is 1. The van der Waals surface area contributed by atoms with Crippen LogP contribution in [-0.2, 0) is 21.2 Å². The molecule has 0 aromatic carbocycles. The summed E-state index contributed by atoms with van der Waals surface area (Å²) in [6.45, 7) is 9.00. The molecule has 0 aliphatic heterocycles. The van der Waals surface area contributed by atoms with E-state index in [1.54, 1.807) is 33.9 Å². The van der Waals surface area contributed by atoms with Crippen LogP contribution >= 0.6 is 11.3 Å². The molecule has 2 fully saturated rings. The average molecular weight is 563 g/mol. The van der Waals surface area contributed by atoms with Gasteiger partial charge in [0.2, 0.25) is 0 Å². The molecule has 4 rings (SSSR count). The van der Waals surface area contributed by atoms with Crippen molar-refractivity contribution in [3.63, 3.8) is 0 Å². The molecule has 3 N–H and O–H groups in total. The number of carboxylic acid groups (broad SMARTS) is 1. The molecule has 0 radical (unpaired) electrons. The summed E-state index contributed by atoms with van der Waals surface area (Å²) in [7, 11) is -3.81. The van der Waals surface area contributed by atoms with Crippen LogP contribution in [0.2, 0.25) is 0 Å². The molecule has 2 heterocycles. The number of carboxylic acids is 1. The molecular weight excluding hydrogens is 524 g/mol. The first-order valence-corrected chi connectivity index (χ1v) is 15.6. The van der Waals surface area contributed by atoms with Gasteiger partial charge in [-0.15, -0.1) is 11.3 Å². The predicted octanol–water partition coefficient (Wildman–Crippen LogP) is 4.61. The van der Waals surface area contributed by atoms with E-state index in [0.29, 0.717) is 29.3 Å². The zero-order chi connectivity index (χ0) is 27.8. The van der Waals surface area contributed by atoms with Crippen molar-refractivity contribution in [1.29, 1.82) is 0 Å². The van der Waals surface area contributed by atoms with Crippen LogP contribution < -0.4 is 10.0 Å². The fraction of sp³-hybridized carbons (Fsp3) is 0.630. The quantitative estimate of drug-likeness (QED) is 0.427. The average Bonchev–Trinajstić information content (AvgIpc) is 3.19. The highest BCUT2D eigenvalue weighted by Crippen LogP contribution is 2.38. The lowest BCUT2D eigenvalue weighted by molar-refractivity contribution is -0.145. The maximum Gasteiger partial charge on any atom is 0.306 e. The second-order valence-corrected chi connectivity index (χ2v) is 14.4. The Kier molecular flexibility index (Phi) is 8.30. The maximum atomic E-state index is 13.1. The number of hydrogen-bond acceptors (Lipinski definition) is 7. The number of nitrogens with one attached hydrogen (secondary N) is 2. The lowest BCUT2D eigenvalue weighted by Crippen LogP contribution is -2.46. The first kappa shape index (κ1) is 28.6. The number of nitrogens with zero attached hydrogens (tertiary/aromatic N) is 2. The number of aliphatic carboxylic acids is 1. The summed E-state index contributed by atoms with van der Waals surface area (Å²) in [4.78, 5) is 34.2. The van der Waals surface area contributed by atoms with Crippen molar-refractivity contribution >= 4 is 33.2 Å². The highest BCUT2D eigenvalue weighted by molar-refractivity contribution is 7.89. The Balaban J connectivity index is 1.66. The summed E-state index contributed by atoms with van der Waals surface area (Å²) in [5.74, 6) is -1.04. The number of hydrogen-bond donors (Lipinski definition) is 3. The Labute approximate surface area is 228 Å². The van der Waals surface area contributed by atoms with E-state index >= 15 is 0 Å². The van der Waals surface area contributed by atoms with Gasteiger partial charge in [0, 0.05) is 23.3 Å². The number of carbonyl (C=O) groups excluding carboxylic acids is 1. The van der Waals surface area contributed by atoms with Crippen LogP contribution in [0.4, 0.5) is 0 Å². The van der Waals surface area contributed by atoms with E-state index in [4.69, 9.17) is 10.1 Å². The normalized spacial score (nSPS) is 20.7. The van der Waals surface area contributed by atoms with Gasteiger partial charge in [0.25, 0.3) is 15.9 Å². The Hall–Kier alpha value is -2.37. The first-order valence-electron chi connectivity index (χ1n) is 13.3. The summed E-state index contributed by atoms with van der Waals surface area (Å²) in [6, 6.07) is -0.164. The summed E-state index contributed by atoms with van der Waals surface area (Å²) in [5, 5.41) is 12.4. The fourth-order valence-electron chi connectivity index (χ4n) is 5.28. The van der Waals surface area contributed by atoms with Crippen LogP contribution in [0.1, 0.15) is 92.3 Å². The Bertz CT molecular complexity index is 1320. The third kappa shape index (κ3) is 6.43. The smallest absolute Gasteiger partial charge is 0.306 e.